The number of esters is 1. The minimum absolute atomic E-state index is 0.166. The van der Waals surface area contributed by atoms with Crippen molar-refractivity contribution in [3.63, 3.8) is 0 Å². The second kappa shape index (κ2) is 8.06. The SMILES string of the molecule is COCCOC(=O)C1C(C)=NC(=S)NC1c1cccc(Cl)c1Cl. The Morgan fingerprint density at radius 2 is 2.13 bits per heavy atom. The molecule has 0 saturated carbocycles. The Morgan fingerprint density at radius 1 is 1.39 bits per heavy atom. The predicted octanol–water partition coefficient (Wildman–Crippen LogP) is 3.19. The molecule has 2 rings (SSSR count). The first-order chi connectivity index (χ1) is 11.0. The molecule has 0 aromatic heterocycles. The topological polar surface area (TPSA) is 59.9 Å². The number of carbonyl (C=O) groups is 1. The van der Waals surface area contributed by atoms with E-state index in [0.717, 1.165) is 0 Å². The summed E-state index contributed by atoms with van der Waals surface area (Å²) in [5.74, 6) is -1.06. The van der Waals surface area contributed by atoms with Gasteiger partial charge in [-0.1, -0.05) is 35.3 Å². The molecular weight excluding hydrogens is 359 g/mol. The highest BCUT2D eigenvalue weighted by atomic mass is 35.5. The van der Waals surface area contributed by atoms with E-state index in [9.17, 15) is 4.79 Å². The van der Waals surface area contributed by atoms with Crippen molar-refractivity contribution in [1.82, 2.24) is 5.32 Å². The number of methoxy groups -OCH3 is 1. The standard InChI is InChI=1S/C15H16Cl2N2O3S/c1-8-11(14(20)22-7-6-21-2)13(19-15(23)18-8)9-4-3-5-10(16)12(9)17/h3-5,11,13H,6-7H2,1-2H3,(H,19,23). The molecule has 1 aliphatic heterocycles. The molecule has 23 heavy (non-hydrogen) atoms. The fourth-order valence-electron chi connectivity index (χ4n) is 2.36. The number of aliphatic imine (C=N–C) groups is 1. The van der Waals surface area contributed by atoms with Crippen LogP contribution in [-0.4, -0.2) is 37.1 Å². The zero-order chi connectivity index (χ0) is 17.0. The van der Waals surface area contributed by atoms with Crippen LogP contribution in [0.1, 0.15) is 18.5 Å². The van der Waals surface area contributed by atoms with Crippen molar-refractivity contribution >= 4 is 52.2 Å². The Labute approximate surface area is 150 Å². The third-order valence-corrected chi connectivity index (χ3v) is 4.49. The van der Waals surface area contributed by atoms with Crippen LogP contribution in [0.4, 0.5) is 0 Å². The number of halogens is 2. The molecule has 0 spiro atoms. The van der Waals surface area contributed by atoms with E-state index in [1.165, 1.54) is 7.11 Å². The number of hydrogen-bond acceptors (Lipinski definition) is 4. The molecule has 0 amide bonds. The van der Waals surface area contributed by atoms with Gasteiger partial charge >= 0.3 is 5.97 Å². The summed E-state index contributed by atoms with van der Waals surface area (Å²) in [6, 6.07) is 4.76. The third-order valence-electron chi connectivity index (χ3n) is 3.44. The molecule has 1 aliphatic rings. The molecule has 1 aromatic rings. The first-order valence-corrected chi connectivity index (χ1v) is 8.07. The van der Waals surface area contributed by atoms with Gasteiger partial charge in [0, 0.05) is 12.8 Å². The average molecular weight is 375 g/mol. The Balaban J connectivity index is 2.34. The van der Waals surface area contributed by atoms with Crippen molar-refractivity contribution in [1.29, 1.82) is 0 Å². The molecular formula is C15H16Cl2N2O3S. The number of ether oxygens (including phenoxy) is 2. The lowest BCUT2D eigenvalue weighted by molar-refractivity contribution is -0.148. The zero-order valence-electron chi connectivity index (χ0n) is 12.6. The molecule has 8 heteroatoms. The summed E-state index contributed by atoms with van der Waals surface area (Å²) in [5.41, 5.74) is 1.24. The quantitative estimate of drug-likeness (QED) is 0.487. The van der Waals surface area contributed by atoms with Gasteiger partial charge in [-0.3, -0.25) is 4.79 Å². The third kappa shape index (κ3) is 4.20. The Morgan fingerprint density at radius 3 is 2.83 bits per heavy atom. The van der Waals surface area contributed by atoms with Gasteiger partial charge in [0.2, 0.25) is 0 Å². The number of benzene rings is 1. The maximum Gasteiger partial charge on any atom is 0.317 e. The van der Waals surface area contributed by atoms with Crippen molar-refractivity contribution < 1.29 is 14.3 Å². The monoisotopic (exact) mass is 374 g/mol. The lowest BCUT2D eigenvalue weighted by atomic mass is 9.88. The molecule has 1 heterocycles. The summed E-state index contributed by atoms with van der Waals surface area (Å²) in [4.78, 5) is 16.6. The maximum absolute atomic E-state index is 12.5. The summed E-state index contributed by atoms with van der Waals surface area (Å²) in [7, 11) is 1.54. The number of rotatable bonds is 5. The number of hydrogen-bond donors (Lipinski definition) is 1. The summed E-state index contributed by atoms with van der Waals surface area (Å²) < 4.78 is 10.1. The van der Waals surface area contributed by atoms with Gasteiger partial charge in [-0.2, -0.15) is 0 Å². The molecule has 2 atom stereocenters. The smallest absolute Gasteiger partial charge is 0.317 e. The van der Waals surface area contributed by atoms with E-state index >= 15 is 0 Å². The van der Waals surface area contributed by atoms with E-state index in [1.807, 2.05) is 0 Å². The minimum atomic E-state index is -0.644. The van der Waals surface area contributed by atoms with Gasteiger partial charge in [0.1, 0.15) is 12.5 Å². The molecule has 2 unspecified atom stereocenters. The normalized spacial score (nSPS) is 20.7. The van der Waals surface area contributed by atoms with Crippen LogP contribution >= 0.6 is 35.4 Å². The van der Waals surface area contributed by atoms with Crippen molar-refractivity contribution in [3.8, 4) is 0 Å². The van der Waals surface area contributed by atoms with Gasteiger partial charge in [-0.15, -0.1) is 0 Å². The predicted molar refractivity (Wildman–Crippen MR) is 94.4 cm³/mol. The number of carbonyl (C=O) groups excluding carboxylic acids is 1. The van der Waals surface area contributed by atoms with E-state index in [4.69, 9.17) is 44.9 Å². The van der Waals surface area contributed by atoms with Crippen molar-refractivity contribution in [2.45, 2.75) is 13.0 Å². The number of nitrogens with zero attached hydrogens (tertiary/aromatic N) is 1. The minimum Gasteiger partial charge on any atom is -0.463 e. The summed E-state index contributed by atoms with van der Waals surface area (Å²) in [6.07, 6.45) is 0. The second-order valence-corrected chi connectivity index (χ2v) is 6.13. The highest BCUT2D eigenvalue weighted by Gasteiger charge is 2.38. The molecule has 0 aliphatic carbocycles. The summed E-state index contributed by atoms with van der Waals surface area (Å²) in [6.45, 7) is 2.23. The van der Waals surface area contributed by atoms with Crippen LogP contribution in [0.25, 0.3) is 0 Å². The lowest BCUT2D eigenvalue weighted by Crippen LogP contribution is -2.44. The maximum atomic E-state index is 12.5. The van der Waals surface area contributed by atoms with Gasteiger partial charge in [0.15, 0.2) is 5.11 Å². The van der Waals surface area contributed by atoms with E-state index in [0.29, 0.717) is 33.0 Å². The van der Waals surface area contributed by atoms with Crippen LogP contribution in [0.3, 0.4) is 0 Å². The summed E-state index contributed by atoms with van der Waals surface area (Å²) >= 11 is 17.5. The van der Waals surface area contributed by atoms with Crippen LogP contribution in [0.2, 0.25) is 10.0 Å². The van der Waals surface area contributed by atoms with Gasteiger partial charge in [-0.05, 0) is 30.8 Å². The van der Waals surface area contributed by atoms with Crippen molar-refractivity contribution in [2.75, 3.05) is 20.3 Å². The summed E-state index contributed by atoms with van der Waals surface area (Å²) in [5, 5.41) is 4.10. The molecule has 0 saturated heterocycles. The highest BCUT2D eigenvalue weighted by molar-refractivity contribution is 7.80. The molecule has 1 N–H and O–H groups in total. The number of nitrogens with one attached hydrogen (secondary N) is 1. The van der Waals surface area contributed by atoms with Crippen LogP contribution in [0.15, 0.2) is 23.2 Å². The number of thiocarbonyl (C=S) groups is 1. The van der Waals surface area contributed by atoms with Crippen molar-refractivity contribution in [2.24, 2.45) is 10.9 Å². The van der Waals surface area contributed by atoms with E-state index in [-0.39, 0.29) is 6.61 Å². The lowest BCUT2D eigenvalue weighted by Gasteiger charge is -2.31. The van der Waals surface area contributed by atoms with Crippen molar-refractivity contribution in [3.05, 3.63) is 33.8 Å². The highest BCUT2D eigenvalue weighted by Crippen LogP contribution is 2.35. The Bertz CT molecular complexity index is 652. The van der Waals surface area contributed by atoms with E-state index in [1.54, 1.807) is 25.1 Å². The van der Waals surface area contributed by atoms with Gasteiger partial charge in [0.05, 0.1) is 22.7 Å². The fourth-order valence-corrected chi connectivity index (χ4v) is 3.06. The second-order valence-electron chi connectivity index (χ2n) is 4.96. The Kier molecular flexibility index (Phi) is 6.35. The molecule has 5 nitrogen and oxygen atoms in total. The van der Waals surface area contributed by atoms with Gasteiger partial charge in [-0.25, -0.2) is 4.99 Å². The Hall–Kier alpha value is -1.21. The van der Waals surface area contributed by atoms with Crippen LogP contribution < -0.4 is 5.32 Å². The van der Waals surface area contributed by atoms with Crippen LogP contribution in [0.5, 0.6) is 0 Å². The average Bonchev–Trinajstić information content (AvgIpc) is 2.49. The first kappa shape index (κ1) is 18.1. The van der Waals surface area contributed by atoms with Gasteiger partial charge in [0.25, 0.3) is 0 Å². The molecule has 0 radical (unpaired) electrons. The molecule has 1 aromatic carbocycles. The zero-order valence-corrected chi connectivity index (χ0v) is 15.0. The molecule has 124 valence electrons. The molecule has 0 bridgehead atoms. The fraction of sp³-hybridized carbons (Fsp3) is 0.400. The first-order valence-electron chi connectivity index (χ1n) is 6.91. The van der Waals surface area contributed by atoms with Gasteiger partial charge < -0.3 is 14.8 Å². The van der Waals surface area contributed by atoms with E-state index < -0.39 is 17.9 Å². The largest absolute Gasteiger partial charge is 0.463 e. The van der Waals surface area contributed by atoms with Crippen LogP contribution in [-0.2, 0) is 14.3 Å². The van der Waals surface area contributed by atoms with Crippen LogP contribution in [0, 0.1) is 5.92 Å². The van der Waals surface area contributed by atoms with E-state index in [2.05, 4.69) is 10.3 Å². The molecule has 0 fully saturated rings.